The van der Waals surface area contributed by atoms with E-state index in [0.717, 1.165) is 6.42 Å². The number of rotatable bonds is 6. The second kappa shape index (κ2) is 6.64. The first-order valence-corrected chi connectivity index (χ1v) is 6.35. The first kappa shape index (κ1) is 13.2. The van der Waals surface area contributed by atoms with Gasteiger partial charge in [-0.2, -0.15) is 0 Å². The van der Waals surface area contributed by atoms with Crippen LogP contribution in [0.2, 0.25) is 0 Å². The second-order valence-corrected chi connectivity index (χ2v) is 4.67. The van der Waals surface area contributed by atoms with Crippen molar-refractivity contribution in [3.8, 4) is 0 Å². The fraction of sp³-hybridized carbons (Fsp3) is 0.643. The van der Waals surface area contributed by atoms with E-state index in [1.807, 2.05) is 12.4 Å². The van der Waals surface area contributed by atoms with Gasteiger partial charge in [0.05, 0.1) is 0 Å². The average molecular weight is 220 g/mol. The lowest BCUT2D eigenvalue weighted by Gasteiger charge is -2.27. The third-order valence-electron chi connectivity index (χ3n) is 3.18. The summed E-state index contributed by atoms with van der Waals surface area (Å²) in [6.45, 7) is 9.03. The Labute approximate surface area is 99.5 Å². The lowest BCUT2D eigenvalue weighted by molar-refractivity contribution is 0.340. The van der Waals surface area contributed by atoms with Crippen LogP contribution in [0.1, 0.15) is 52.1 Å². The highest BCUT2D eigenvalue weighted by Crippen LogP contribution is 2.19. The molecule has 90 valence electrons. The minimum absolute atomic E-state index is 0.454. The maximum Gasteiger partial charge on any atom is 0.0321 e. The Balaban J connectivity index is 2.68. The van der Waals surface area contributed by atoms with E-state index in [-0.39, 0.29) is 0 Å². The van der Waals surface area contributed by atoms with E-state index in [9.17, 15) is 0 Å². The highest BCUT2D eigenvalue weighted by Gasteiger charge is 2.16. The molecule has 1 heterocycles. The summed E-state index contributed by atoms with van der Waals surface area (Å²) in [7, 11) is 0. The van der Waals surface area contributed by atoms with Crippen molar-refractivity contribution in [1.29, 1.82) is 0 Å². The van der Waals surface area contributed by atoms with Crippen LogP contribution < -0.4 is 5.32 Å². The zero-order valence-electron chi connectivity index (χ0n) is 10.9. The van der Waals surface area contributed by atoms with Crippen molar-refractivity contribution in [2.24, 2.45) is 5.92 Å². The van der Waals surface area contributed by atoms with Crippen LogP contribution >= 0.6 is 0 Å². The molecule has 1 rings (SSSR count). The SMILES string of the molecule is CCC(NC(CC)C(C)C)c1ccncc1. The lowest BCUT2D eigenvalue weighted by Crippen LogP contribution is -2.36. The Morgan fingerprint density at radius 2 is 1.75 bits per heavy atom. The maximum atomic E-state index is 4.07. The molecule has 0 saturated heterocycles. The van der Waals surface area contributed by atoms with Gasteiger partial charge >= 0.3 is 0 Å². The van der Waals surface area contributed by atoms with Crippen molar-refractivity contribution in [2.75, 3.05) is 0 Å². The van der Waals surface area contributed by atoms with Crippen molar-refractivity contribution in [1.82, 2.24) is 10.3 Å². The predicted octanol–water partition coefficient (Wildman–Crippen LogP) is 3.56. The van der Waals surface area contributed by atoms with E-state index in [0.29, 0.717) is 18.0 Å². The van der Waals surface area contributed by atoms with E-state index in [2.05, 4.69) is 50.1 Å². The summed E-state index contributed by atoms with van der Waals surface area (Å²) in [6, 6.07) is 5.26. The van der Waals surface area contributed by atoms with Crippen LogP contribution in [0.25, 0.3) is 0 Å². The van der Waals surface area contributed by atoms with Crippen molar-refractivity contribution in [3.63, 3.8) is 0 Å². The van der Waals surface area contributed by atoms with Gasteiger partial charge in [-0.05, 0) is 36.5 Å². The predicted molar refractivity (Wildman–Crippen MR) is 69.3 cm³/mol. The molecule has 0 radical (unpaired) electrons. The molecule has 0 aromatic carbocycles. The normalized spacial score (nSPS) is 15.1. The smallest absolute Gasteiger partial charge is 0.0321 e. The Morgan fingerprint density at radius 3 is 2.19 bits per heavy atom. The molecule has 0 aliphatic carbocycles. The van der Waals surface area contributed by atoms with Gasteiger partial charge < -0.3 is 5.32 Å². The molecule has 16 heavy (non-hydrogen) atoms. The first-order valence-electron chi connectivity index (χ1n) is 6.35. The van der Waals surface area contributed by atoms with Gasteiger partial charge in [0.1, 0.15) is 0 Å². The van der Waals surface area contributed by atoms with Crippen LogP contribution in [0.4, 0.5) is 0 Å². The molecular formula is C14H24N2. The molecular weight excluding hydrogens is 196 g/mol. The summed E-state index contributed by atoms with van der Waals surface area (Å²) in [6.07, 6.45) is 6.04. The molecule has 0 fully saturated rings. The van der Waals surface area contributed by atoms with Gasteiger partial charge in [-0.15, -0.1) is 0 Å². The third kappa shape index (κ3) is 3.60. The fourth-order valence-electron chi connectivity index (χ4n) is 2.09. The van der Waals surface area contributed by atoms with Crippen molar-refractivity contribution in [2.45, 2.75) is 52.6 Å². The van der Waals surface area contributed by atoms with E-state index >= 15 is 0 Å². The molecule has 0 aliphatic heterocycles. The fourth-order valence-corrected chi connectivity index (χ4v) is 2.09. The van der Waals surface area contributed by atoms with Crippen molar-refractivity contribution < 1.29 is 0 Å². The second-order valence-electron chi connectivity index (χ2n) is 4.67. The number of nitrogens with one attached hydrogen (secondary N) is 1. The number of pyridine rings is 1. The monoisotopic (exact) mass is 220 g/mol. The number of hydrogen-bond acceptors (Lipinski definition) is 2. The average Bonchev–Trinajstić information content (AvgIpc) is 2.31. The molecule has 1 aromatic rings. The van der Waals surface area contributed by atoms with Gasteiger partial charge in [0, 0.05) is 24.5 Å². The molecule has 1 N–H and O–H groups in total. The molecule has 0 spiro atoms. The standard InChI is InChI=1S/C14H24N2/c1-5-13(11(3)4)16-14(6-2)12-7-9-15-10-8-12/h7-11,13-14,16H,5-6H2,1-4H3. The third-order valence-corrected chi connectivity index (χ3v) is 3.18. The molecule has 0 amide bonds. The van der Waals surface area contributed by atoms with Gasteiger partial charge in [0.2, 0.25) is 0 Å². The Morgan fingerprint density at radius 1 is 1.12 bits per heavy atom. The molecule has 1 aromatic heterocycles. The Bertz CT molecular complexity index is 282. The first-order chi connectivity index (χ1) is 7.69. The summed E-state index contributed by atoms with van der Waals surface area (Å²) in [4.78, 5) is 4.07. The van der Waals surface area contributed by atoms with Crippen LogP contribution in [-0.2, 0) is 0 Å². The molecule has 2 nitrogen and oxygen atoms in total. The van der Waals surface area contributed by atoms with E-state index in [4.69, 9.17) is 0 Å². The molecule has 2 heteroatoms. The largest absolute Gasteiger partial charge is 0.307 e. The van der Waals surface area contributed by atoms with E-state index in [1.54, 1.807) is 0 Å². The molecule has 2 atom stereocenters. The van der Waals surface area contributed by atoms with Gasteiger partial charge in [-0.3, -0.25) is 4.98 Å². The number of hydrogen-bond donors (Lipinski definition) is 1. The maximum absolute atomic E-state index is 4.07. The minimum atomic E-state index is 0.454. The molecule has 2 unspecified atom stereocenters. The van der Waals surface area contributed by atoms with E-state index in [1.165, 1.54) is 12.0 Å². The highest BCUT2D eigenvalue weighted by atomic mass is 15.0. The summed E-state index contributed by atoms with van der Waals surface area (Å²) >= 11 is 0. The Kier molecular flexibility index (Phi) is 5.47. The summed E-state index contributed by atoms with van der Waals surface area (Å²) in [5.74, 6) is 0.681. The van der Waals surface area contributed by atoms with Crippen LogP contribution in [0.15, 0.2) is 24.5 Å². The zero-order chi connectivity index (χ0) is 12.0. The topological polar surface area (TPSA) is 24.9 Å². The molecule has 0 aliphatic rings. The number of aromatic nitrogens is 1. The lowest BCUT2D eigenvalue weighted by atomic mass is 9.98. The van der Waals surface area contributed by atoms with Gasteiger partial charge in [0.15, 0.2) is 0 Å². The molecule has 0 bridgehead atoms. The molecule has 0 saturated carbocycles. The van der Waals surface area contributed by atoms with Crippen LogP contribution in [0.3, 0.4) is 0 Å². The van der Waals surface area contributed by atoms with Gasteiger partial charge in [-0.25, -0.2) is 0 Å². The van der Waals surface area contributed by atoms with Crippen LogP contribution in [0, 0.1) is 5.92 Å². The van der Waals surface area contributed by atoms with E-state index < -0.39 is 0 Å². The summed E-state index contributed by atoms with van der Waals surface area (Å²) < 4.78 is 0. The van der Waals surface area contributed by atoms with Gasteiger partial charge in [-0.1, -0.05) is 27.7 Å². The summed E-state index contributed by atoms with van der Waals surface area (Å²) in [5.41, 5.74) is 1.34. The number of nitrogens with zero attached hydrogens (tertiary/aromatic N) is 1. The van der Waals surface area contributed by atoms with Crippen molar-refractivity contribution >= 4 is 0 Å². The highest BCUT2D eigenvalue weighted by molar-refractivity contribution is 5.15. The minimum Gasteiger partial charge on any atom is -0.307 e. The van der Waals surface area contributed by atoms with Gasteiger partial charge in [0.25, 0.3) is 0 Å². The summed E-state index contributed by atoms with van der Waals surface area (Å²) in [5, 5.41) is 3.74. The zero-order valence-corrected chi connectivity index (χ0v) is 10.9. The van der Waals surface area contributed by atoms with Crippen LogP contribution in [-0.4, -0.2) is 11.0 Å². The van der Waals surface area contributed by atoms with Crippen LogP contribution in [0.5, 0.6) is 0 Å². The Hall–Kier alpha value is -0.890. The quantitative estimate of drug-likeness (QED) is 0.793. The van der Waals surface area contributed by atoms with Crippen molar-refractivity contribution in [3.05, 3.63) is 30.1 Å².